The number of rotatable bonds is 7. The standard InChI is InChI=1S/C22H32N4O/c1-4-13-26-18(2)21(17-23-26)22(27)25(20-11-14-24(3)15-12-20)16-10-19-8-6-5-7-9-19/h5-9,17,20H,4,10-16H2,1-3H3. The lowest BCUT2D eigenvalue weighted by atomic mass is 10.0. The first-order chi connectivity index (χ1) is 13.1. The number of aryl methyl sites for hydroxylation is 1. The van der Waals surface area contributed by atoms with Gasteiger partial charge in [0.1, 0.15) is 0 Å². The van der Waals surface area contributed by atoms with E-state index in [1.54, 1.807) is 6.20 Å². The van der Waals surface area contributed by atoms with E-state index in [1.165, 1.54) is 5.56 Å². The van der Waals surface area contributed by atoms with E-state index in [2.05, 4.69) is 53.1 Å². The third kappa shape index (κ3) is 4.78. The Labute approximate surface area is 163 Å². The molecule has 146 valence electrons. The lowest BCUT2D eigenvalue weighted by Crippen LogP contribution is -2.47. The zero-order chi connectivity index (χ0) is 19.2. The summed E-state index contributed by atoms with van der Waals surface area (Å²) in [5.41, 5.74) is 3.02. The first-order valence-corrected chi connectivity index (χ1v) is 10.2. The van der Waals surface area contributed by atoms with Gasteiger partial charge in [-0.2, -0.15) is 5.10 Å². The molecule has 5 heteroatoms. The molecule has 1 aliphatic rings. The van der Waals surface area contributed by atoms with Crippen LogP contribution >= 0.6 is 0 Å². The molecule has 0 unspecified atom stereocenters. The summed E-state index contributed by atoms with van der Waals surface area (Å²) in [6.07, 6.45) is 5.75. The van der Waals surface area contributed by atoms with Gasteiger partial charge < -0.3 is 9.80 Å². The fourth-order valence-electron chi connectivity index (χ4n) is 3.90. The molecule has 0 bridgehead atoms. The van der Waals surface area contributed by atoms with Crippen molar-refractivity contribution < 1.29 is 4.79 Å². The molecule has 0 aliphatic carbocycles. The van der Waals surface area contributed by atoms with E-state index in [0.717, 1.165) is 63.1 Å². The van der Waals surface area contributed by atoms with Gasteiger partial charge in [-0.1, -0.05) is 37.3 Å². The smallest absolute Gasteiger partial charge is 0.257 e. The number of aromatic nitrogens is 2. The second kappa shape index (κ2) is 9.18. The molecule has 1 aromatic heterocycles. The van der Waals surface area contributed by atoms with Crippen molar-refractivity contribution in [3.05, 3.63) is 53.3 Å². The third-order valence-corrected chi connectivity index (χ3v) is 5.64. The Morgan fingerprint density at radius 2 is 1.93 bits per heavy atom. The molecule has 0 spiro atoms. The quantitative estimate of drug-likeness (QED) is 0.752. The van der Waals surface area contributed by atoms with Gasteiger partial charge in [0, 0.05) is 24.8 Å². The molecule has 0 radical (unpaired) electrons. The van der Waals surface area contributed by atoms with Crippen molar-refractivity contribution in [3.8, 4) is 0 Å². The van der Waals surface area contributed by atoms with Crippen LogP contribution in [0.3, 0.4) is 0 Å². The summed E-state index contributed by atoms with van der Waals surface area (Å²) in [5, 5.41) is 4.45. The molecule has 1 aliphatic heterocycles. The highest BCUT2D eigenvalue weighted by Gasteiger charge is 2.29. The summed E-state index contributed by atoms with van der Waals surface area (Å²) < 4.78 is 1.96. The first kappa shape index (κ1) is 19.6. The van der Waals surface area contributed by atoms with Crippen LogP contribution in [-0.4, -0.2) is 58.2 Å². The number of hydrogen-bond donors (Lipinski definition) is 0. The van der Waals surface area contributed by atoms with Crippen LogP contribution in [0.25, 0.3) is 0 Å². The maximum Gasteiger partial charge on any atom is 0.257 e. The van der Waals surface area contributed by atoms with Crippen molar-refractivity contribution in [1.82, 2.24) is 19.6 Å². The van der Waals surface area contributed by atoms with E-state index in [4.69, 9.17) is 0 Å². The Bertz CT molecular complexity index is 732. The van der Waals surface area contributed by atoms with Crippen LogP contribution in [0.1, 0.15) is 47.8 Å². The van der Waals surface area contributed by atoms with Gasteiger partial charge in [-0.15, -0.1) is 0 Å². The van der Waals surface area contributed by atoms with Crippen LogP contribution in [0.2, 0.25) is 0 Å². The summed E-state index contributed by atoms with van der Waals surface area (Å²) >= 11 is 0. The molecule has 1 saturated heterocycles. The topological polar surface area (TPSA) is 41.4 Å². The largest absolute Gasteiger partial charge is 0.335 e. The second-order valence-electron chi connectivity index (χ2n) is 7.64. The molecule has 1 amide bonds. The number of piperidine rings is 1. The van der Waals surface area contributed by atoms with Crippen molar-refractivity contribution in [3.63, 3.8) is 0 Å². The molecule has 3 rings (SSSR count). The van der Waals surface area contributed by atoms with Crippen LogP contribution in [-0.2, 0) is 13.0 Å². The Kier molecular flexibility index (Phi) is 6.67. The van der Waals surface area contributed by atoms with Gasteiger partial charge in [0.05, 0.1) is 11.8 Å². The van der Waals surface area contributed by atoms with Crippen LogP contribution in [0.15, 0.2) is 36.5 Å². The minimum Gasteiger partial charge on any atom is -0.335 e. The van der Waals surface area contributed by atoms with Crippen molar-refractivity contribution in [1.29, 1.82) is 0 Å². The average Bonchev–Trinajstić information content (AvgIpc) is 3.05. The summed E-state index contributed by atoms with van der Waals surface area (Å²) in [6, 6.07) is 10.8. The van der Waals surface area contributed by atoms with Gasteiger partial charge in [-0.05, 0) is 58.3 Å². The van der Waals surface area contributed by atoms with E-state index < -0.39 is 0 Å². The predicted octanol–water partition coefficient (Wildman–Crippen LogP) is 3.38. The molecule has 1 fully saturated rings. The van der Waals surface area contributed by atoms with E-state index in [1.807, 2.05) is 17.7 Å². The maximum absolute atomic E-state index is 13.4. The molecule has 1 aromatic carbocycles. The number of carbonyl (C=O) groups excluding carboxylic acids is 1. The van der Waals surface area contributed by atoms with E-state index >= 15 is 0 Å². The third-order valence-electron chi connectivity index (χ3n) is 5.64. The Morgan fingerprint density at radius 3 is 2.59 bits per heavy atom. The number of nitrogens with zero attached hydrogens (tertiary/aromatic N) is 4. The molecule has 0 N–H and O–H groups in total. The molecule has 2 heterocycles. The van der Waals surface area contributed by atoms with Gasteiger partial charge >= 0.3 is 0 Å². The van der Waals surface area contributed by atoms with Crippen LogP contribution in [0, 0.1) is 6.92 Å². The number of carbonyl (C=O) groups is 1. The Balaban J connectivity index is 1.78. The summed E-state index contributed by atoms with van der Waals surface area (Å²) in [5.74, 6) is 0.139. The molecule has 0 saturated carbocycles. The molecular formula is C22H32N4O. The van der Waals surface area contributed by atoms with Gasteiger partial charge in [0.2, 0.25) is 0 Å². The number of hydrogen-bond acceptors (Lipinski definition) is 3. The molecule has 27 heavy (non-hydrogen) atoms. The summed E-state index contributed by atoms with van der Waals surface area (Å²) in [6.45, 7) is 7.86. The molecular weight excluding hydrogens is 336 g/mol. The summed E-state index contributed by atoms with van der Waals surface area (Å²) in [4.78, 5) is 17.9. The van der Waals surface area contributed by atoms with Crippen LogP contribution < -0.4 is 0 Å². The predicted molar refractivity (Wildman–Crippen MR) is 109 cm³/mol. The van der Waals surface area contributed by atoms with Gasteiger partial charge in [-0.3, -0.25) is 9.48 Å². The van der Waals surface area contributed by atoms with Crippen molar-refractivity contribution in [2.75, 3.05) is 26.7 Å². The number of benzene rings is 1. The normalized spacial score (nSPS) is 15.8. The first-order valence-electron chi connectivity index (χ1n) is 10.2. The summed E-state index contributed by atoms with van der Waals surface area (Å²) in [7, 11) is 2.16. The van der Waals surface area contributed by atoms with Crippen molar-refractivity contribution in [2.45, 2.75) is 52.1 Å². The van der Waals surface area contributed by atoms with Gasteiger partial charge in [0.15, 0.2) is 0 Å². The Hall–Kier alpha value is -2.14. The van der Waals surface area contributed by atoms with Crippen molar-refractivity contribution in [2.24, 2.45) is 0 Å². The van der Waals surface area contributed by atoms with Gasteiger partial charge in [-0.25, -0.2) is 0 Å². The minimum atomic E-state index is 0.139. The highest BCUT2D eigenvalue weighted by atomic mass is 16.2. The zero-order valence-electron chi connectivity index (χ0n) is 16.9. The highest BCUT2D eigenvalue weighted by Crippen LogP contribution is 2.21. The van der Waals surface area contributed by atoms with Crippen LogP contribution in [0.5, 0.6) is 0 Å². The number of likely N-dealkylation sites (tertiary alicyclic amines) is 1. The molecule has 2 aromatic rings. The molecule has 5 nitrogen and oxygen atoms in total. The van der Waals surface area contributed by atoms with E-state index in [-0.39, 0.29) is 5.91 Å². The average molecular weight is 369 g/mol. The second-order valence-corrected chi connectivity index (χ2v) is 7.64. The van der Waals surface area contributed by atoms with Gasteiger partial charge in [0.25, 0.3) is 5.91 Å². The SMILES string of the molecule is CCCn1ncc(C(=O)N(CCc2ccccc2)C2CCN(C)CC2)c1C. The van der Waals surface area contributed by atoms with E-state index in [9.17, 15) is 4.79 Å². The van der Waals surface area contributed by atoms with Crippen LogP contribution in [0.4, 0.5) is 0 Å². The maximum atomic E-state index is 13.4. The van der Waals surface area contributed by atoms with E-state index in [0.29, 0.717) is 6.04 Å². The zero-order valence-corrected chi connectivity index (χ0v) is 16.9. The van der Waals surface area contributed by atoms with Crippen molar-refractivity contribution >= 4 is 5.91 Å². The lowest BCUT2D eigenvalue weighted by molar-refractivity contribution is 0.0593. The fraction of sp³-hybridized carbons (Fsp3) is 0.545. The molecule has 0 atom stereocenters. The highest BCUT2D eigenvalue weighted by molar-refractivity contribution is 5.95. The lowest BCUT2D eigenvalue weighted by Gasteiger charge is -2.37. The monoisotopic (exact) mass is 368 g/mol. The number of amides is 1. The fourth-order valence-corrected chi connectivity index (χ4v) is 3.90. The minimum absolute atomic E-state index is 0.139. The Morgan fingerprint density at radius 1 is 1.22 bits per heavy atom.